The van der Waals surface area contributed by atoms with Gasteiger partial charge in [-0.1, -0.05) is 35.9 Å². The van der Waals surface area contributed by atoms with Crippen LogP contribution in [0.25, 0.3) is 33.3 Å². The summed E-state index contributed by atoms with van der Waals surface area (Å²) in [5.41, 5.74) is 5.67. The highest BCUT2D eigenvalue weighted by Gasteiger charge is 2.16. The molecule has 0 spiro atoms. The van der Waals surface area contributed by atoms with E-state index < -0.39 is 0 Å². The molecule has 1 atom stereocenters. The highest BCUT2D eigenvalue weighted by atomic mass is 16.4. The summed E-state index contributed by atoms with van der Waals surface area (Å²) in [6.07, 6.45) is 0. The van der Waals surface area contributed by atoms with Crippen LogP contribution in [0.5, 0.6) is 0 Å². The Kier molecular flexibility index (Phi) is 4.51. The molecule has 5 nitrogen and oxygen atoms in total. The zero-order chi connectivity index (χ0) is 20.7. The minimum atomic E-state index is -0.103. The van der Waals surface area contributed by atoms with Crippen molar-refractivity contribution in [3.8, 4) is 11.5 Å². The summed E-state index contributed by atoms with van der Waals surface area (Å²) in [5.74, 6) is 1.11. The fraction of sp³-hybridized carbons (Fsp3) is 0.200. The van der Waals surface area contributed by atoms with Crippen molar-refractivity contribution in [2.45, 2.75) is 33.4 Å². The second kappa shape index (κ2) is 7.34. The number of nitrogens with zero attached hydrogens (tertiary/aromatic N) is 3. The van der Waals surface area contributed by atoms with Crippen LogP contribution in [0.4, 0.5) is 5.69 Å². The lowest BCUT2D eigenvalue weighted by atomic mass is 10.1. The summed E-state index contributed by atoms with van der Waals surface area (Å²) >= 11 is 0. The second-order valence-electron chi connectivity index (χ2n) is 7.67. The first-order valence-electron chi connectivity index (χ1n) is 10.3. The molecule has 0 aliphatic rings. The third-order valence-corrected chi connectivity index (χ3v) is 5.58. The van der Waals surface area contributed by atoms with E-state index in [0.29, 0.717) is 11.8 Å². The molecule has 5 aromatic rings. The Bertz CT molecular complexity index is 1330. The summed E-state index contributed by atoms with van der Waals surface area (Å²) in [4.78, 5) is 0. The number of aromatic nitrogens is 3. The van der Waals surface area contributed by atoms with Crippen molar-refractivity contribution in [3.05, 3.63) is 78.2 Å². The number of aryl methyl sites for hydroxylation is 2. The maximum absolute atomic E-state index is 5.93. The molecule has 0 bridgehead atoms. The van der Waals surface area contributed by atoms with E-state index in [9.17, 15) is 0 Å². The van der Waals surface area contributed by atoms with Crippen molar-refractivity contribution in [1.29, 1.82) is 0 Å². The van der Waals surface area contributed by atoms with Gasteiger partial charge in [0.2, 0.25) is 11.8 Å². The molecule has 0 saturated carbocycles. The highest BCUT2D eigenvalue weighted by molar-refractivity contribution is 6.09. The van der Waals surface area contributed by atoms with Gasteiger partial charge >= 0.3 is 0 Å². The summed E-state index contributed by atoms with van der Waals surface area (Å²) in [6.45, 7) is 7.22. The van der Waals surface area contributed by atoms with Crippen LogP contribution in [0, 0.1) is 6.92 Å². The van der Waals surface area contributed by atoms with Gasteiger partial charge in [-0.15, -0.1) is 10.2 Å². The number of benzene rings is 3. The lowest BCUT2D eigenvalue weighted by Gasteiger charge is -2.12. The molecular weight excluding hydrogens is 372 g/mol. The Hall–Kier alpha value is -3.60. The molecule has 0 saturated heterocycles. The van der Waals surface area contributed by atoms with Crippen LogP contribution in [0.15, 0.2) is 71.1 Å². The molecule has 5 heteroatoms. The summed E-state index contributed by atoms with van der Waals surface area (Å²) in [5, 5.41) is 14.5. The topological polar surface area (TPSA) is 55.9 Å². The molecule has 0 amide bonds. The number of fused-ring (bicyclic) bond motifs is 3. The Morgan fingerprint density at radius 1 is 0.933 bits per heavy atom. The normalized spacial score (nSPS) is 12.5. The van der Waals surface area contributed by atoms with Gasteiger partial charge in [0.05, 0.1) is 0 Å². The molecule has 0 aliphatic carbocycles. The number of nitrogens with one attached hydrogen (secondary N) is 1. The minimum Gasteiger partial charge on any atom is -0.418 e. The predicted octanol–water partition coefficient (Wildman–Crippen LogP) is 6.35. The van der Waals surface area contributed by atoms with Crippen molar-refractivity contribution < 1.29 is 4.42 Å². The maximum atomic E-state index is 5.93. The largest absolute Gasteiger partial charge is 0.418 e. The maximum Gasteiger partial charge on any atom is 0.247 e. The summed E-state index contributed by atoms with van der Waals surface area (Å²) < 4.78 is 8.28. The fourth-order valence-electron chi connectivity index (χ4n) is 4.02. The van der Waals surface area contributed by atoms with Gasteiger partial charge in [-0.3, -0.25) is 0 Å². The van der Waals surface area contributed by atoms with E-state index in [1.165, 1.54) is 27.4 Å². The molecule has 30 heavy (non-hydrogen) atoms. The first kappa shape index (κ1) is 18.4. The van der Waals surface area contributed by atoms with Crippen LogP contribution < -0.4 is 5.32 Å². The zero-order valence-electron chi connectivity index (χ0n) is 17.4. The predicted molar refractivity (Wildman–Crippen MR) is 122 cm³/mol. The van der Waals surface area contributed by atoms with Gasteiger partial charge in [-0.05, 0) is 57.2 Å². The van der Waals surface area contributed by atoms with Crippen molar-refractivity contribution in [2.75, 3.05) is 5.32 Å². The van der Waals surface area contributed by atoms with Crippen molar-refractivity contribution >= 4 is 27.5 Å². The molecule has 5 rings (SSSR count). The molecule has 0 radical (unpaired) electrons. The number of hydrogen-bond acceptors (Lipinski definition) is 4. The first-order chi connectivity index (χ1) is 14.6. The van der Waals surface area contributed by atoms with E-state index in [-0.39, 0.29) is 6.04 Å². The number of rotatable bonds is 5. The van der Waals surface area contributed by atoms with Crippen LogP contribution in [-0.2, 0) is 6.54 Å². The van der Waals surface area contributed by atoms with Gasteiger partial charge in [-0.25, -0.2) is 0 Å². The van der Waals surface area contributed by atoms with Crippen LogP contribution >= 0.6 is 0 Å². The van der Waals surface area contributed by atoms with Crippen molar-refractivity contribution in [1.82, 2.24) is 14.8 Å². The molecule has 1 N–H and O–H groups in total. The van der Waals surface area contributed by atoms with E-state index in [1.807, 2.05) is 31.2 Å². The van der Waals surface area contributed by atoms with Gasteiger partial charge in [0.1, 0.15) is 6.04 Å². The van der Waals surface area contributed by atoms with Gasteiger partial charge < -0.3 is 14.3 Å². The lowest BCUT2D eigenvalue weighted by molar-refractivity contribution is 0.485. The Labute approximate surface area is 175 Å². The average molecular weight is 396 g/mol. The standard InChI is InChI=1S/C25H24N4O/c1-4-29-22-8-6-5-7-20(22)21-15-19(13-14-23(21)29)26-17(3)24-27-28-25(30-24)18-11-9-16(2)10-12-18/h5-15,17,26H,4H2,1-3H3. The van der Waals surface area contributed by atoms with Crippen LogP contribution in [0.2, 0.25) is 0 Å². The number of anilines is 1. The molecular formula is C25H24N4O. The fourth-order valence-corrected chi connectivity index (χ4v) is 4.02. The number of hydrogen-bond donors (Lipinski definition) is 1. The molecule has 0 aliphatic heterocycles. The Morgan fingerprint density at radius 3 is 2.50 bits per heavy atom. The average Bonchev–Trinajstić information content (AvgIpc) is 3.37. The summed E-state index contributed by atoms with van der Waals surface area (Å²) in [7, 11) is 0. The Morgan fingerprint density at radius 2 is 1.70 bits per heavy atom. The lowest BCUT2D eigenvalue weighted by Crippen LogP contribution is -2.07. The van der Waals surface area contributed by atoms with Gasteiger partial charge in [-0.2, -0.15) is 0 Å². The third kappa shape index (κ3) is 3.12. The monoisotopic (exact) mass is 396 g/mol. The van der Waals surface area contributed by atoms with Crippen molar-refractivity contribution in [2.24, 2.45) is 0 Å². The molecule has 2 aromatic heterocycles. The smallest absolute Gasteiger partial charge is 0.247 e. The van der Waals surface area contributed by atoms with Crippen molar-refractivity contribution in [3.63, 3.8) is 0 Å². The third-order valence-electron chi connectivity index (χ3n) is 5.58. The molecule has 150 valence electrons. The Balaban J connectivity index is 1.44. The zero-order valence-corrected chi connectivity index (χ0v) is 17.4. The quantitative estimate of drug-likeness (QED) is 0.376. The molecule has 0 fully saturated rings. The first-order valence-corrected chi connectivity index (χ1v) is 10.3. The SMILES string of the molecule is CCn1c2ccccc2c2cc(NC(C)c3nnc(-c4ccc(C)cc4)o3)ccc21. The van der Waals surface area contributed by atoms with Crippen LogP contribution in [-0.4, -0.2) is 14.8 Å². The van der Waals surface area contributed by atoms with Crippen LogP contribution in [0.1, 0.15) is 31.3 Å². The van der Waals surface area contributed by atoms with E-state index in [1.54, 1.807) is 0 Å². The minimum absolute atomic E-state index is 0.103. The van der Waals surface area contributed by atoms with Gasteiger partial charge in [0.15, 0.2) is 0 Å². The van der Waals surface area contributed by atoms with Crippen LogP contribution in [0.3, 0.4) is 0 Å². The summed E-state index contributed by atoms with van der Waals surface area (Å²) in [6, 6.07) is 23.0. The van der Waals surface area contributed by atoms with E-state index in [4.69, 9.17) is 4.42 Å². The van der Waals surface area contributed by atoms with E-state index in [2.05, 4.69) is 76.4 Å². The second-order valence-corrected chi connectivity index (χ2v) is 7.67. The molecule has 3 aromatic carbocycles. The highest BCUT2D eigenvalue weighted by Crippen LogP contribution is 2.32. The van der Waals surface area contributed by atoms with Gasteiger partial charge in [0, 0.05) is 39.6 Å². The van der Waals surface area contributed by atoms with E-state index in [0.717, 1.165) is 17.8 Å². The number of para-hydroxylation sites is 1. The molecule has 2 heterocycles. The van der Waals surface area contributed by atoms with E-state index >= 15 is 0 Å². The molecule has 1 unspecified atom stereocenters. The van der Waals surface area contributed by atoms with Gasteiger partial charge in [0.25, 0.3) is 0 Å².